The van der Waals surface area contributed by atoms with E-state index in [4.69, 9.17) is 4.74 Å². The van der Waals surface area contributed by atoms with E-state index in [1.807, 2.05) is 19.0 Å². The number of fused-ring (bicyclic) bond motifs is 1. The highest BCUT2D eigenvalue weighted by molar-refractivity contribution is 7.92. The lowest BCUT2D eigenvalue weighted by Crippen LogP contribution is -2.51. The molecule has 3 rings (SSSR count). The first-order chi connectivity index (χ1) is 12.9. The predicted octanol–water partition coefficient (Wildman–Crippen LogP) is 1.32. The summed E-state index contributed by atoms with van der Waals surface area (Å²) in [7, 11) is 0.0101. The standard InChI is InChI=1S/C19H23N3O4S/c1-21(2)13-12-20-19(23)18-14-22(16-10-6-7-11-17(16)26-18)27(24,25)15-8-4-3-5-9-15/h3-11,18H,12-14H2,1-2H3,(H,20,23)/t18-/m0/s1. The quantitative estimate of drug-likeness (QED) is 0.806. The minimum absolute atomic E-state index is 0.0813. The van der Waals surface area contributed by atoms with Crippen molar-refractivity contribution >= 4 is 21.6 Å². The molecule has 1 amide bonds. The van der Waals surface area contributed by atoms with Crippen LogP contribution in [0.3, 0.4) is 0 Å². The van der Waals surface area contributed by atoms with Crippen LogP contribution in [0.4, 0.5) is 5.69 Å². The number of para-hydroxylation sites is 2. The number of benzene rings is 2. The van der Waals surface area contributed by atoms with Gasteiger partial charge in [-0.15, -0.1) is 0 Å². The van der Waals surface area contributed by atoms with Crippen LogP contribution in [0, 0.1) is 0 Å². The van der Waals surface area contributed by atoms with Crippen molar-refractivity contribution in [1.82, 2.24) is 10.2 Å². The van der Waals surface area contributed by atoms with Crippen molar-refractivity contribution in [3.63, 3.8) is 0 Å². The molecular formula is C19H23N3O4S. The number of ether oxygens (including phenoxy) is 1. The lowest BCUT2D eigenvalue weighted by Gasteiger charge is -2.34. The highest BCUT2D eigenvalue weighted by Gasteiger charge is 2.37. The summed E-state index contributed by atoms with van der Waals surface area (Å²) in [5.41, 5.74) is 0.429. The average molecular weight is 389 g/mol. The van der Waals surface area contributed by atoms with Crippen molar-refractivity contribution in [2.24, 2.45) is 0 Å². The number of anilines is 1. The maximum Gasteiger partial charge on any atom is 0.264 e. The van der Waals surface area contributed by atoms with Gasteiger partial charge in [-0.3, -0.25) is 9.10 Å². The Labute approximate surface area is 159 Å². The molecule has 1 N–H and O–H groups in total. The maximum atomic E-state index is 13.2. The van der Waals surface area contributed by atoms with E-state index in [0.29, 0.717) is 24.5 Å². The Morgan fingerprint density at radius 2 is 1.81 bits per heavy atom. The van der Waals surface area contributed by atoms with Gasteiger partial charge >= 0.3 is 0 Å². The molecule has 0 radical (unpaired) electrons. The van der Waals surface area contributed by atoms with Gasteiger partial charge in [-0.2, -0.15) is 0 Å². The molecule has 2 aromatic rings. The zero-order chi connectivity index (χ0) is 19.4. The molecule has 0 aromatic heterocycles. The van der Waals surface area contributed by atoms with Crippen LogP contribution < -0.4 is 14.4 Å². The molecule has 7 nitrogen and oxygen atoms in total. The fourth-order valence-corrected chi connectivity index (χ4v) is 4.30. The van der Waals surface area contributed by atoms with Crippen molar-refractivity contribution in [2.45, 2.75) is 11.0 Å². The maximum absolute atomic E-state index is 13.2. The molecule has 1 aliphatic rings. The van der Waals surface area contributed by atoms with Gasteiger partial charge in [0, 0.05) is 13.1 Å². The summed E-state index contributed by atoms with van der Waals surface area (Å²) in [6.45, 7) is 1.06. The molecule has 0 unspecified atom stereocenters. The lowest BCUT2D eigenvalue weighted by molar-refractivity contribution is -0.127. The zero-order valence-corrected chi connectivity index (χ0v) is 16.1. The second-order valence-corrected chi connectivity index (χ2v) is 8.38. The molecule has 1 heterocycles. The monoisotopic (exact) mass is 389 g/mol. The molecule has 0 spiro atoms. The fraction of sp³-hybridized carbons (Fsp3) is 0.316. The van der Waals surface area contributed by atoms with Crippen LogP contribution in [0.5, 0.6) is 5.75 Å². The van der Waals surface area contributed by atoms with Gasteiger partial charge in [0.1, 0.15) is 5.75 Å². The molecule has 0 fully saturated rings. The number of nitrogens with zero attached hydrogens (tertiary/aromatic N) is 2. The van der Waals surface area contributed by atoms with E-state index in [9.17, 15) is 13.2 Å². The second kappa shape index (κ2) is 7.98. The van der Waals surface area contributed by atoms with E-state index in [1.54, 1.807) is 54.6 Å². The van der Waals surface area contributed by atoms with E-state index >= 15 is 0 Å². The Balaban J connectivity index is 1.88. The molecule has 27 heavy (non-hydrogen) atoms. The summed E-state index contributed by atoms with van der Waals surface area (Å²) in [6, 6.07) is 15.0. The molecule has 2 aromatic carbocycles. The number of carbonyl (C=O) groups is 1. The minimum atomic E-state index is -3.81. The smallest absolute Gasteiger partial charge is 0.264 e. The molecule has 8 heteroatoms. The van der Waals surface area contributed by atoms with Crippen molar-refractivity contribution in [3.8, 4) is 5.75 Å². The van der Waals surface area contributed by atoms with E-state index in [2.05, 4.69) is 5.32 Å². The summed E-state index contributed by atoms with van der Waals surface area (Å²) < 4.78 is 33.3. The normalized spacial score (nSPS) is 16.6. The van der Waals surface area contributed by atoms with Crippen LogP contribution in [-0.2, 0) is 14.8 Å². The summed E-state index contributed by atoms with van der Waals surface area (Å²) in [4.78, 5) is 14.6. The molecular weight excluding hydrogens is 366 g/mol. The molecule has 0 bridgehead atoms. The van der Waals surface area contributed by atoms with Gasteiger partial charge in [-0.25, -0.2) is 8.42 Å². The van der Waals surface area contributed by atoms with Gasteiger partial charge in [-0.05, 0) is 38.4 Å². The van der Waals surface area contributed by atoms with Crippen molar-refractivity contribution in [1.29, 1.82) is 0 Å². The largest absolute Gasteiger partial charge is 0.476 e. The number of carbonyl (C=O) groups excluding carboxylic acids is 1. The van der Waals surface area contributed by atoms with Crippen LogP contribution in [0.15, 0.2) is 59.5 Å². The Morgan fingerprint density at radius 1 is 1.15 bits per heavy atom. The Morgan fingerprint density at radius 3 is 2.52 bits per heavy atom. The second-order valence-electron chi connectivity index (χ2n) is 6.52. The van der Waals surface area contributed by atoms with Crippen molar-refractivity contribution < 1.29 is 17.9 Å². The van der Waals surface area contributed by atoms with E-state index in [1.165, 1.54) is 4.31 Å². The molecule has 0 aliphatic carbocycles. The van der Waals surface area contributed by atoms with Crippen LogP contribution in [0.1, 0.15) is 0 Å². The van der Waals surface area contributed by atoms with E-state index in [-0.39, 0.29) is 17.3 Å². The summed E-state index contributed by atoms with van der Waals surface area (Å²) in [5.74, 6) is 0.0376. The molecule has 1 aliphatic heterocycles. The number of nitrogens with one attached hydrogen (secondary N) is 1. The third-order valence-electron chi connectivity index (χ3n) is 4.22. The van der Waals surface area contributed by atoms with Gasteiger partial charge in [0.2, 0.25) is 0 Å². The number of amides is 1. The summed E-state index contributed by atoms with van der Waals surface area (Å²) >= 11 is 0. The third kappa shape index (κ3) is 4.23. The molecule has 144 valence electrons. The van der Waals surface area contributed by atoms with Gasteiger partial charge in [0.15, 0.2) is 6.10 Å². The Kier molecular flexibility index (Phi) is 5.67. The fourth-order valence-electron chi connectivity index (χ4n) is 2.80. The van der Waals surface area contributed by atoms with Gasteiger partial charge in [0.05, 0.1) is 17.1 Å². The van der Waals surface area contributed by atoms with Gasteiger partial charge in [-0.1, -0.05) is 30.3 Å². The van der Waals surface area contributed by atoms with Crippen molar-refractivity contribution in [2.75, 3.05) is 38.0 Å². The van der Waals surface area contributed by atoms with Gasteiger partial charge < -0.3 is 15.0 Å². The number of hydrogen-bond donors (Lipinski definition) is 1. The highest BCUT2D eigenvalue weighted by Crippen LogP contribution is 2.36. The first-order valence-electron chi connectivity index (χ1n) is 8.65. The lowest BCUT2D eigenvalue weighted by atomic mass is 10.2. The Hall–Kier alpha value is -2.58. The minimum Gasteiger partial charge on any atom is -0.476 e. The van der Waals surface area contributed by atoms with E-state index in [0.717, 1.165) is 0 Å². The van der Waals surface area contributed by atoms with Crippen LogP contribution in [0.2, 0.25) is 0 Å². The topological polar surface area (TPSA) is 79.0 Å². The Bertz CT molecular complexity index is 900. The molecule has 1 atom stereocenters. The number of sulfonamides is 1. The molecule has 0 saturated heterocycles. The zero-order valence-electron chi connectivity index (χ0n) is 15.3. The van der Waals surface area contributed by atoms with Crippen LogP contribution in [-0.4, -0.2) is 59.1 Å². The number of likely N-dealkylation sites (N-methyl/N-ethyl adjacent to an activating group) is 1. The van der Waals surface area contributed by atoms with E-state index < -0.39 is 16.1 Å². The number of rotatable bonds is 6. The highest BCUT2D eigenvalue weighted by atomic mass is 32.2. The third-order valence-corrected chi connectivity index (χ3v) is 6.01. The summed E-state index contributed by atoms with van der Waals surface area (Å²) in [5, 5.41) is 2.80. The van der Waals surface area contributed by atoms with Crippen LogP contribution in [0.25, 0.3) is 0 Å². The van der Waals surface area contributed by atoms with Crippen LogP contribution >= 0.6 is 0 Å². The molecule has 0 saturated carbocycles. The summed E-state index contributed by atoms with van der Waals surface area (Å²) in [6.07, 6.45) is -0.916. The van der Waals surface area contributed by atoms with Crippen molar-refractivity contribution in [3.05, 3.63) is 54.6 Å². The number of hydrogen-bond acceptors (Lipinski definition) is 5. The predicted molar refractivity (Wildman–Crippen MR) is 103 cm³/mol. The SMILES string of the molecule is CN(C)CCNC(=O)[C@@H]1CN(S(=O)(=O)c2ccccc2)c2ccccc2O1. The van der Waals surface area contributed by atoms with Gasteiger partial charge in [0.25, 0.3) is 15.9 Å². The average Bonchev–Trinajstić information content (AvgIpc) is 2.67. The first kappa shape index (κ1) is 19.2. The first-order valence-corrected chi connectivity index (χ1v) is 10.1.